The smallest absolute Gasteiger partial charge is 0.306 e. The van der Waals surface area contributed by atoms with E-state index in [9.17, 15) is 18.6 Å². The summed E-state index contributed by atoms with van der Waals surface area (Å²) in [4.78, 5) is 0. The molecular weight excluding hydrogens is 268 g/mol. The minimum atomic E-state index is -3.60. The third-order valence-corrected chi connectivity index (χ3v) is 4.15. The summed E-state index contributed by atoms with van der Waals surface area (Å²) in [6.07, 6.45) is 4.49. The van der Waals surface area contributed by atoms with Crippen molar-refractivity contribution in [1.29, 1.82) is 0 Å². The van der Waals surface area contributed by atoms with Crippen LogP contribution >= 0.6 is 0 Å². The summed E-state index contributed by atoms with van der Waals surface area (Å²) in [5.41, 5.74) is 0.0784. The lowest BCUT2D eigenvalue weighted by molar-refractivity contribution is 0.192. The number of aliphatic hydroxyl groups excluding tert-OH is 1. The maximum absolute atomic E-state index is 11.1. The van der Waals surface area contributed by atoms with Gasteiger partial charge < -0.3 is 14.4 Å². The molecular formula is C13H18O5S. The van der Waals surface area contributed by atoms with Crippen molar-refractivity contribution in [2.75, 3.05) is 12.9 Å². The third kappa shape index (κ3) is 3.01. The standard InChI is InChI=1S/C13H18O5S/c1-19(16,17)18-10-4-5-12(15)11(8-10)13(9-14)6-2-3-7-13/h4-5,8,14-15H,2-3,6-7,9H2,1H3. The van der Waals surface area contributed by atoms with Crippen LogP contribution in [0.15, 0.2) is 18.2 Å². The molecule has 0 unspecified atom stereocenters. The quantitative estimate of drug-likeness (QED) is 0.820. The Morgan fingerprint density at radius 1 is 1.32 bits per heavy atom. The van der Waals surface area contributed by atoms with E-state index < -0.39 is 15.5 Å². The van der Waals surface area contributed by atoms with Crippen molar-refractivity contribution in [3.63, 3.8) is 0 Å². The molecule has 0 saturated heterocycles. The van der Waals surface area contributed by atoms with Crippen LogP contribution in [0.5, 0.6) is 11.5 Å². The molecule has 19 heavy (non-hydrogen) atoms. The van der Waals surface area contributed by atoms with Crippen molar-refractivity contribution in [2.45, 2.75) is 31.1 Å². The minimum Gasteiger partial charge on any atom is -0.508 e. The van der Waals surface area contributed by atoms with E-state index in [-0.39, 0.29) is 18.1 Å². The van der Waals surface area contributed by atoms with Crippen molar-refractivity contribution in [2.24, 2.45) is 0 Å². The van der Waals surface area contributed by atoms with Crippen molar-refractivity contribution >= 4 is 10.1 Å². The van der Waals surface area contributed by atoms with E-state index in [0.717, 1.165) is 31.9 Å². The number of phenols is 1. The Bertz CT molecular complexity index is 558. The summed E-state index contributed by atoms with van der Waals surface area (Å²) in [5, 5.41) is 19.6. The number of aromatic hydroxyl groups is 1. The van der Waals surface area contributed by atoms with Crippen molar-refractivity contribution in [3.8, 4) is 11.5 Å². The minimum absolute atomic E-state index is 0.0665. The average Bonchev–Trinajstić information content (AvgIpc) is 2.79. The molecule has 106 valence electrons. The lowest BCUT2D eigenvalue weighted by Crippen LogP contribution is -2.27. The maximum Gasteiger partial charge on any atom is 0.306 e. The summed E-state index contributed by atoms with van der Waals surface area (Å²) in [6.45, 7) is -0.0666. The Hall–Kier alpha value is -1.27. The fourth-order valence-corrected chi connectivity index (χ4v) is 3.18. The average molecular weight is 286 g/mol. The van der Waals surface area contributed by atoms with Gasteiger partial charge in [0.05, 0.1) is 12.9 Å². The molecule has 1 aromatic rings. The van der Waals surface area contributed by atoms with Crippen LogP contribution in [-0.4, -0.2) is 31.5 Å². The molecule has 1 aliphatic rings. The van der Waals surface area contributed by atoms with Crippen molar-refractivity contribution in [3.05, 3.63) is 23.8 Å². The first-order valence-corrected chi connectivity index (χ1v) is 8.02. The summed E-state index contributed by atoms with van der Waals surface area (Å²) in [7, 11) is -3.60. The van der Waals surface area contributed by atoms with Gasteiger partial charge in [0.2, 0.25) is 0 Å². The summed E-state index contributed by atoms with van der Waals surface area (Å²) in [6, 6.07) is 4.32. The second-order valence-corrected chi connectivity index (χ2v) is 6.69. The zero-order chi connectivity index (χ0) is 14.1. The van der Waals surface area contributed by atoms with Crippen LogP contribution in [0.25, 0.3) is 0 Å². The van der Waals surface area contributed by atoms with Gasteiger partial charge in [-0.25, -0.2) is 0 Å². The van der Waals surface area contributed by atoms with Crippen LogP contribution < -0.4 is 4.18 Å². The fourth-order valence-electron chi connectivity index (χ4n) is 2.73. The molecule has 1 aromatic carbocycles. The summed E-state index contributed by atoms with van der Waals surface area (Å²) < 4.78 is 27.1. The van der Waals surface area contributed by atoms with Crippen LogP contribution in [0.2, 0.25) is 0 Å². The normalized spacial score (nSPS) is 18.4. The van der Waals surface area contributed by atoms with Gasteiger partial charge in [0, 0.05) is 11.0 Å². The van der Waals surface area contributed by atoms with E-state index in [0.29, 0.717) is 5.56 Å². The fraction of sp³-hybridized carbons (Fsp3) is 0.538. The Kier molecular flexibility index (Phi) is 3.73. The van der Waals surface area contributed by atoms with E-state index in [2.05, 4.69) is 0 Å². The second-order valence-electron chi connectivity index (χ2n) is 5.11. The van der Waals surface area contributed by atoms with Gasteiger partial charge in [-0.1, -0.05) is 12.8 Å². The highest BCUT2D eigenvalue weighted by Crippen LogP contribution is 2.45. The van der Waals surface area contributed by atoms with Crippen LogP contribution in [0.3, 0.4) is 0 Å². The molecule has 5 nitrogen and oxygen atoms in total. The highest BCUT2D eigenvalue weighted by atomic mass is 32.2. The Labute approximate surface area is 113 Å². The second kappa shape index (κ2) is 5.02. The van der Waals surface area contributed by atoms with Gasteiger partial charge in [-0.2, -0.15) is 8.42 Å². The summed E-state index contributed by atoms with van der Waals surface area (Å²) >= 11 is 0. The molecule has 1 saturated carbocycles. The molecule has 0 heterocycles. The number of rotatable bonds is 4. The Balaban J connectivity index is 2.42. The van der Waals surface area contributed by atoms with Gasteiger partial charge in [-0.3, -0.25) is 0 Å². The van der Waals surface area contributed by atoms with E-state index in [4.69, 9.17) is 4.18 Å². The topological polar surface area (TPSA) is 83.8 Å². The predicted molar refractivity (Wildman–Crippen MR) is 70.8 cm³/mol. The van der Waals surface area contributed by atoms with Gasteiger partial charge in [0.1, 0.15) is 11.5 Å². The molecule has 1 aliphatic carbocycles. The number of hydrogen-bond donors (Lipinski definition) is 2. The molecule has 2 N–H and O–H groups in total. The summed E-state index contributed by atoms with van der Waals surface area (Å²) in [5.74, 6) is 0.229. The molecule has 0 amide bonds. The maximum atomic E-state index is 11.1. The highest BCUT2D eigenvalue weighted by molar-refractivity contribution is 7.86. The number of benzene rings is 1. The van der Waals surface area contributed by atoms with E-state index in [1.165, 1.54) is 18.2 Å². The third-order valence-electron chi connectivity index (χ3n) is 3.65. The van der Waals surface area contributed by atoms with Gasteiger partial charge in [-0.05, 0) is 31.0 Å². The SMILES string of the molecule is CS(=O)(=O)Oc1ccc(O)c(C2(CO)CCCC2)c1. The van der Waals surface area contributed by atoms with Crippen molar-refractivity contribution < 1.29 is 22.8 Å². The molecule has 1 fully saturated rings. The zero-order valence-corrected chi connectivity index (χ0v) is 11.6. The van der Waals surface area contributed by atoms with Crippen LogP contribution in [0.4, 0.5) is 0 Å². The van der Waals surface area contributed by atoms with E-state index in [1.54, 1.807) is 0 Å². The first-order chi connectivity index (χ1) is 8.86. The van der Waals surface area contributed by atoms with Crippen LogP contribution in [-0.2, 0) is 15.5 Å². The largest absolute Gasteiger partial charge is 0.508 e. The zero-order valence-electron chi connectivity index (χ0n) is 10.8. The van der Waals surface area contributed by atoms with Gasteiger partial charge in [0.25, 0.3) is 0 Å². The molecule has 0 radical (unpaired) electrons. The van der Waals surface area contributed by atoms with E-state index in [1.807, 2.05) is 0 Å². The predicted octanol–water partition coefficient (Wildman–Crippen LogP) is 1.53. The van der Waals surface area contributed by atoms with Crippen LogP contribution in [0.1, 0.15) is 31.2 Å². The lowest BCUT2D eigenvalue weighted by Gasteiger charge is -2.28. The molecule has 0 atom stereocenters. The van der Waals surface area contributed by atoms with Gasteiger partial charge in [-0.15, -0.1) is 0 Å². The molecule has 2 rings (SSSR count). The van der Waals surface area contributed by atoms with Crippen LogP contribution in [0, 0.1) is 0 Å². The highest BCUT2D eigenvalue weighted by Gasteiger charge is 2.37. The molecule has 0 aromatic heterocycles. The lowest BCUT2D eigenvalue weighted by atomic mass is 9.79. The first-order valence-electron chi connectivity index (χ1n) is 6.20. The monoisotopic (exact) mass is 286 g/mol. The molecule has 0 spiro atoms. The Morgan fingerprint density at radius 3 is 2.47 bits per heavy atom. The number of hydrogen-bond acceptors (Lipinski definition) is 5. The van der Waals surface area contributed by atoms with Crippen molar-refractivity contribution in [1.82, 2.24) is 0 Å². The first kappa shape index (κ1) is 14.1. The Morgan fingerprint density at radius 2 is 1.95 bits per heavy atom. The van der Waals surface area contributed by atoms with Gasteiger partial charge in [0.15, 0.2) is 0 Å². The molecule has 0 bridgehead atoms. The molecule has 0 aliphatic heterocycles. The molecule has 6 heteroatoms. The van der Waals surface area contributed by atoms with E-state index >= 15 is 0 Å². The van der Waals surface area contributed by atoms with Gasteiger partial charge >= 0.3 is 10.1 Å². The number of phenolic OH excluding ortho intramolecular Hbond substituents is 1. The number of aliphatic hydroxyl groups is 1.